The van der Waals surface area contributed by atoms with E-state index in [1.165, 1.54) is 34.6 Å². The molecule has 0 radical (unpaired) electrons. The summed E-state index contributed by atoms with van der Waals surface area (Å²) >= 11 is 12.0. The van der Waals surface area contributed by atoms with E-state index in [4.69, 9.17) is 27.6 Å². The fraction of sp³-hybridized carbons (Fsp3) is 0.211. The highest BCUT2D eigenvalue weighted by molar-refractivity contribution is 7.89. The summed E-state index contributed by atoms with van der Waals surface area (Å²) < 4.78 is 31.8. The summed E-state index contributed by atoms with van der Waals surface area (Å²) in [6, 6.07) is 10.3. The van der Waals surface area contributed by atoms with Crippen molar-refractivity contribution in [2.24, 2.45) is 0 Å². The van der Waals surface area contributed by atoms with Crippen LogP contribution in [0.2, 0.25) is 10.0 Å². The molecule has 1 amide bonds. The molecule has 1 heterocycles. The average Bonchev–Trinajstić information content (AvgIpc) is 3.17. The molecule has 0 atom stereocenters. The minimum absolute atomic E-state index is 0.111. The van der Waals surface area contributed by atoms with Crippen molar-refractivity contribution in [3.8, 4) is 11.5 Å². The van der Waals surface area contributed by atoms with Crippen LogP contribution in [0.1, 0.15) is 24.2 Å². The summed E-state index contributed by atoms with van der Waals surface area (Å²) in [5.41, 5.74) is 0.706. The number of halogens is 2. The molecule has 158 valence electrons. The number of hydrogen-bond donors (Lipinski definition) is 1. The first-order valence-corrected chi connectivity index (χ1v) is 11.2. The summed E-state index contributed by atoms with van der Waals surface area (Å²) in [5.74, 6) is -0.410. The van der Waals surface area contributed by atoms with Crippen LogP contribution < -0.4 is 5.32 Å². The van der Waals surface area contributed by atoms with E-state index in [2.05, 4.69) is 15.5 Å². The molecule has 0 aliphatic carbocycles. The Morgan fingerprint density at radius 2 is 1.73 bits per heavy atom. The summed E-state index contributed by atoms with van der Waals surface area (Å²) in [5, 5.41) is 10.9. The molecule has 8 nitrogen and oxygen atoms in total. The molecule has 1 aromatic heterocycles. The van der Waals surface area contributed by atoms with E-state index in [0.717, 1.165) is 0 Å². The van der Waals surface area contributed by atoms with Gasteiger partial charge in [-0.3, -0.25) is 10.1 Å². The molecular formula is C19H18Cl2N4O4S. The molecule has 0 aliphatic rings. The fourth-order valence-electron chi connectivity index (χ4n) is 2.71. The highest BCUT2D eigenvalue weighted by Gasteiger charge is 2.22. The lowest BCUT2D eigenvalue weighted by molar-refractivity contribution is 0.102. The van der Waals surface area contributed by atoms with Crippen molar-refractivity contribution in [3.63, 3.8) is 0 Å². The van der Waals surface area contributed by atoms with Crippen LogP contribution in [0, 0.1) is 0 Å². The third-order valence-electron chi connectivity index (χ3n) is 4.27. The zero-order valence-electron chi connectivity index (χ0n) is 16.1. The first kappa shape index (κ1) is 22.2. The van der Waals surface area contributed by atoms with Gasteiger partial charge < -0.3 is 4.42 Å². The van der Waals surface area contributed by atoms with Gasteiger partial charge in [-0.2, -0.15) is 4.31 Å². The smallest absolute Gasteiger partial charge is 0.322 e. The number of amides is 1. The number of hydrogen-bond acceptors (Lipinski definition) is 6. The Bertz CT molecular complexity index is 1160. The molecule has 1 N–H and O–H groups in total. The van der Waals surface area contributed by atoms with E-state index in [9.17, 15) is 13.2 Å². The third-order valence-corrected chi connectivity index (χ3v) is 6.88. The van der Waals surface area contributed by atoms with Gasteiger partial charge in [-0.05, 0) is 42.5 Å². The molecule has 11 heteroatoms. The highest BCUT2D eigenvalue weighted by Crippen LogP contribution is 2.30. The molecule has 0 aliphatic heterocycles. The van der Waals surface area contributed by atoms with Gasteiger partial charge in [-0.15, -0.1) is 5.10 Å². The maximum atomic E-state index is 12.5. The number of carbonyl (C=O) groups is 1. The average molecular weight is 469 g/mol. The molecule has 0 saturated carbocycles. The van der Waals surface area contributed by atoms with Crippen LogP contribution >= 0.6 is 23.2 Å². The zero-order valence-corrected chi connectivity index (χ0v) is 18.4. The van der Waals surface area contributed by atoms with Crippen molar-refractivity contribution in [1.29, 1.82) is 0 Å². The number of aromatic nitrogens is 2. The van der Waals surface area contributed by atoms with Gasteiger partial charge in [-0.25, -0.2) is 8.42 Å². The van der Waals surface area contributed by atoms with E-state index < -0.39 is 15.9 Å². The fourth-order valence-corrected chi connectivity index (χ4v) is 4.65. The largest absolute Gasteiger partial charge is 0.403 e. The van der Waals surface area contributed by atoms with Crippen LogP contribution in [0.4, 0.5) is 6.01 Å². The Kier molecular flexibility index (Phi) is 6.77. The lowest BCUT2D eigenvalue weighted by Gasteiger charge is -2.18. The van der Waals surface area contributed by atoms with E-state index in [-0.39, 0.29) is 22.4 Å². The molecule has 30 heavy (non-hydrogen) atoms. The highest BCUT2D eigenvalue weighted by atomic mass is 35.5. The van der Waals surface area contributed by atoms with Gasteiger partial charge in [0.1, 0.15) is 0 Å². The van der Waals surface area contributed by atoms with Crippen LogP contribution in [-0.4, -0.2) is 41.9 Å². The molecule has 3 rings (SSSR count). The minimum atomic E-state index is -3.60. The van der Waals surface area contributed by atoms with Gasteiger partial charge in [0.05, 0.1) is 15.5 Å². The molecule has 0 fully saturated rings. The summed E-state index contributed by atoms with van der Waals surface area (Å²) in [4.78, 5) is 12.5. The Morgan fingerprint density at radius 3 is 2.33 bits per heavy atom. The Balaban J connectivity index is 1.75. The van der Waals surface area contributed by atoms with E-state index in [1.807, 2.05) is 0 Å². The van der Waals surface area contributed by atoms with Crippen molar-refractivity contribution in [2.45, 2.75) is 18.7 Å². The maximum Gasteiger partial charge on any atom is 0.322 e. The predicted octanol–water partition coefficient (Wildman–Crippen LogP) is 4.33. The molecular weight excluding hydrogens is 451 g/mol. The number of nitrogens with one attached hydrogen (secondary N) is 1. The number of benzene rings is 2. The SMILES string of the molecule is CCN(CC)S(=O)(=O)c1ccc(C(=O)Nc2nnc(-c3ccc(Cl)cc3Cl)o2)cc1. The second-order valence-corrected chi connectivity index (χ2v) is 8.89. The number of anilines is 1. The minimum Gasteiger partial charge on any atom is -0.403 e. The molecule has 0 bridgehead atoms. The van der Waals surface area contributed by atoms with Crippen molar-refractivity contribution < 1.29 is 17.6 Å². The second kappa shape index (κ2) is 9.13. The Labute approximate surface area is 183 Å². The van der Waals surface area contributed by atoms with Crippen molar-refractivity contribution in [1.82, 2.24) is 14.5 Å². The number of sulfonamides is 1. The lowest BCUT2D eigenvalue weighted by atomic mass is 10.2. The Morgan fingerprint density at radius 1 is 1.07 bits per heavy atom. The van der Waals surface area contributed by atoms with Crippen molar-refractivity contribution >= 4 is 45.1 Å². The number of nitrogens with zero attached hydrogens (tertiary/aromatic N) is 3. The standard InChI is InChI=1S/C19H18Cl2N4O4S/c1-3-25(4-2)30(27,28)14-8-5-12(6-9-14)17(26)22-19-24-23-18(29-19)15-10-7-13(20)11-16(15)21/h5-11H,3-4H2,1-2H3,(H,22,24,26). The number of carbonyl (C=O) groups excluding carboxylic acids is 1. The topological polar surface area (TPSA) is 105 Å². The summed E-state index contributed by atoms with van der Waals surface area (Å²) in [6.07, 6.45) is 0. The van der Waals surface area contributed by atoms with E-state index >= 15 is 0 Å². The van der Waals surface area contributed by atoms with Crippen LogP contribution in [0.25, 0.3) is 11.5 Å². The van der Waals surface area contributed by atoms with Crippen LogP contribution in [0.5, 0.6) is 0 Å². The van der Waals surface area contributed by atoms with Crippen LogP contribution in [0.3, 0.4) is 0 Å². The van der Waals surface area contributed by atoms with Gasteiger partial charge in [-0.1, -0.05) is 42.1 Å². The Hall–Kier alpha value is -2.46. The molecule has 0 unspecified atom stereocenters. The summed E-state index contributed by atoms with van der Waals surface area (Å²) in [6.45, 7) is 4.24. The van der Waals surface area contributed by atoms with Gasteiger partial charge in [0.2, 0.25) is 10.0 Å². The normalized spacial score (nSPS) is 11.6. The second-order valence-electron chi connectivity index (χ2n) is 6.10. The lowest BCUT2D eigenvalue weighted by Crippen LogP contribution is -2.30. The van der Waals surface area contributed by atoms with E-state index in [1.54, 1.807) is 26.0 Å². The van der Waals surface area contributed by atoms with Crippen LogP contribution in [0.15, 0.2) is 51.8 Å². The first-order valence-electron chi connectivity index (χ1n) is 8.96. The predicted molar refractivity (Wildman–Crippen MR) is 114 cm³/mol. The first-order chi connectivity index (χ1) is 14.3. The quantitative estimate of drug-likeness (QED) is 0.553. The number of rotatable bonds is 7. The third kappa shape index (κ3) is 4.65. The van der Waals surface area contributed by atoms with E-state index in [0.29, 0.717) is 28.7 Å². The molecule has 3 aromatic rings. The molecule has 2 aromatic carbocycles. The maximum absolute atomic E-state index is 12.5. The van der Waals surface area contributed by atoms with Crippen LogP contribution in [-0.2, 0) is 10.0 Å². The molecule has 0 saturated heterocycles. The van der Waals surface area contributed by atoms with Crippen molar-refractivity contribution in [3.05, 3.63) is 58.1 Å². The van der Waals surface area contributed by atoms with Gasteiger partial charge in [0.25, 0.3) is 11.8 Å². The van der Waals surface area contributed by atoms with Crippen molar-refractivity contribution in [2.75, 3.05) is 18.4 Å². The molecule has 0 spiro atoms. The zero-order chi connectivity index (χ0) is 21.9. The monoisotopic (exact) mass is 468 g/mol. The van der Waals surface area contributed by atoms with Gasteiger partial charge in [0.15, 0.2) is 0 Å². The van der Waals surface area contributed by atoms with Gasteiger partial charge >= 0.3 is 6.01 Å². The summed E-state index contributed by atoms with van der Waals surface area (Å²) in [7, 11) is -3.60. The van der Waals surface area contributed by atoms with Gasteiger partial charge in [0, 0.05) is 23.7 Å².